The van der Waals surface area contributed by atoms with E-state index in [1.807, 2.05) is 54.6 Å². The Bertz CT molecular complexity index is 1970. The molecule has 1 aliphatic heterocycles. The Kier molecular flexibility index (Phi) is 5.86. The fraction of sp³-hybridized carbons (Fsp3) is 0.0571. The van der Waals surface area contributed by atoms with Gasteiger partial charge in [0, 0.05) is 47.5 Å². The van der Waals surface area contributed by atoms with Gasteiger partial charge in [0.25, 0.3) is 0 Å². The topological polar surface area (TPSA) is 21.5 Å². The largest absolute Gasteiger partial charge is 0.726 e. The SMILES string of the molecule is Cc1ccc([N+](=C2C=Cc3c4c(c5ccccc5c3=C2)=C(c2ccccc2)O[B-](F)(F)O4)c2ccc(C)cc2)cc1. The lowest BCUT2D eigenvalue weighted by molar-refractivity contribution is 0.212. The Labute approximate surface area is 236 Å². The zero-order valence-corrected chi connectivity index (χ0v) is 22.6. The third-order valence-corrected chi connectivity index (χ3v) is 7.58. The molecule has 7 rings (SSSR count). The number of aryl methyl sites for hydroxylation is 2. The first-order chi connectivity index (χ1) is 19.9. The molecule has 0 aromatic heterocycles. The summed E-state index contributed by atoms with van der Waals surface area (Å²) < 4.78 is 42.9. The molecule has 1 heterocycles. The molecule has 5 aromatic rings. The maximum atomic E-state index is 15.1. The smallest absolute Gasteiger partial charge is 0.627 e. The van der Waals surface area contributed by atoms with Gasteiger partial charge in [-0.15, -0.1) is 0 Å². The van der Waals surface area contributed by atoms with Crippen molar-refractivity contribution < 1.29 is 17.9 Å². The number of rotatable bonds is 3. The van der Waals surface area contributed by atoms with Crippen LogP contribution < -0.4 is 19.7 Å². The number of halogens is 2. The van der Waals surface area contributed by atoms with E-state index < -0.39 is 7.11 Å². The number of allylic oxidation sites excluding steroid dienone is 1. The van der Waals surface area contributed by atoms with Crippen molar-refractivity contribution in [3.8, 4) is 5.75 Å². The van der Waals surface area contributed by atoms with Crippen LogP contribution in [0.4, 0.5) is 20.0 Å². The van der Waals surface area contributed by atoms with Gasteiger partial charge in [-0.3, -0.25) is 0 Å². The summed E-state index contributed by atoms with van der Waals surface area (Å²) in [5, 5.41) is 3.07. The van der Waals surface area contributed by atoms with Gasteiger partial charge in [-0.25, -0.2) is 0 Å². The van der Waals surface area contributed by atoms with Crippen LogP contribution >= 0.6 is 0 Å². The summed E-state index contributed by atoms with van der Waals surface area (Å²) in [6.07, 6.45) is 5.90. The number of hydrogen-bond donors (Lipinski definition) is 0. The fourth-order valence-corrected chi connectivity index (χ4v) is 5.63. The summed E-state index contributed by atoms with van der Waals surface area (Å²) >= 11 is 0. The minimum atomic E-state index is -4.57. The first-order valence-corrected chi connectivity index (χ1v) is 13.6. The Hall–Kier alpha value is -4.97. The second-order valence-corrected chi connectivity index (χ2v) is 10.5. The van der Waals surface area contributed by atoms with Crippen LogP contribution in [0.5, 0.6) is 5.75 Å². The molecular formula is C35H26BF2NO2. The molecule has 0 amide bonds. The highest BCUT2D eigenvalue weighted by molar-refractivity contribution is 6.54. The van der Waals surface area contributed by atoms with Crippen molar-refractivity contribution in [2.24, 2.45) is 0 Å². The first kappa shape index (κ1) is 25.0. The molecule has 0 radical (unpaired) electrons. The Balaban J connectivity index is 1.59. The lowest BCUT2D eigenvalue weighted by atomic mass is 9.92. The molecule has 1 aliphatic carbocycles. The van der Waals surface area contributed by atoms with E-state index in [4.69, 9.17) is 9.31 Å². The van der Waals surface area contributed by atoms with Crippen molar-refractivity contribution in [3.05, 3.63) is 142 Å². The number of fused-ring (bicyclic) bond motifs is 6. The van der Waals surface area contributed by atoms with Crippen molar-refractivity contribution in [2.45, 2.75) is 13.8 Å². The van der Waals surface area contributed by atoms with E-state index in [2.05, 4.69) is 73.0 Å². The van der Waals surface area contributed by atoms with Gasteiger partial charge in [-0.05, 0) is 35.9 Å². The quantitative estimate of drug-likeness (QED) is 0.178. The van der Waals surface area contributed by atoms with Gasteiger partial charge in [0.1, 0.15) is 0 Å². The highest BCUT2D eigenvalue weighted by Gasteiger charge is 2.40. The van der Waals surface area contributed by atoms with E-state index in [-0.39, 0.29) is 11.5 Å². The van der Waals surface area contributed by atoms with Gasteiger partial charge in [0.15, 0.2) is 0 Å². The number of benzene rings is 5. The van der Waals surface area contributed by atoms with Crippen LogP contribution in [0.3, 0.4) is 0 Å². The molecule has 0 saturated heterocycles. The van der Waals surface area contributed by atoms with Gasteiger partial charge in [0.2, 0.25) is 17.1 Å². The van der Waals surface area contributed by atoms with Crippen LogP contribution in [0, 0.1) is 13.8 Å². The maximum absolute atomic E-state index is 15.1. The Morgan fingerprint density at radius 1 is 0.634 bits per heavy atom. The highest BCUT2D eigenvalue weighted by Crippen LogP contribution is 2.33. The van der Waals surface area contributed by atoms with Crippen LogP contribution in [0.25, 0.3) is 28.7 Å². The second kappa shape index (κ2) is 9.60. The molecule has 0 spiro atoms. The molecule has 0 saturated carbocycles. The van der Waals surface area contributed by atoms with Crippen molar-refractivity contribution in [1.82, 2.24) is 4.58 Å². The standard InChI is InChI=1S/C35H26BF2NO2/c1-23-12-16-26(17-13-23)39(27-18-14-24(2)15-19-27)28-20-21-31-32(22-28)29-10-6-7-11-30(29)33-34(25-8-4-3-5-9-25)40-36(37,38)41-35(31)33/h3-22H,1-2H3. The molecule has 41 heavy (non-hydrogen) atoms. The number of nitrogens with zero attached hydrogens (tertiary/aromatic N) is 1. The predicted octanol–water partition coefficient (Wildman–Crippen LogP) is 7.18. The molecule has 0 fully saturated rings. The minimum absolute atomic E-state index is 0.125. The molecule has 0 N–H and O–H groups in total. The van der Waals surface area contributed by atoms with Crippen molar-refractivity contribution in [2.75, 3.05) is 0 Å². The zero-order valence-electron chi connectivity index (χ0n) is 22.6. The minimum Gasteiger partial charge on any atom is -0.627 e. The third kappa shape index (κ3) is 4.42. The monoisotopic (exact) mass is 541 g/mol. The van der Waals surface area contributed by atoms with E-state index in [1.54, 1.807) is 12.1 Å². The summed E-state index contributed by atoms with van der Waals surface area (Å²) in [6, 6.07) is 33.6. The summed E-state index contributed by atoms with van der Waals surface area (Å²) in [5.41, 5.74) is 6.42. The van der Waals surface area contributed by atoms with E-state index >= 15 is 8.63 Å². The summed E-state index contributed by atoms with van der Waals surface area (Å²) in [5.74, 6) is 0.262. The van der Waals surface area contributed by atoms with Gasteiger partial charge in [0.05, 0.1) is 16.7 Å². The first-order valence-electron chi connectivity index (χ1n) is 13.6. The van der Waals surface area contributed by atoms with Crippen molar-refractivity contribution >= 4 is 52.9 Å². The van der Waals surface area contributed by atoms with E-state index in [9.17, 15) is 0 Å². The Morgan fingerprint density at radius 3 is 1.85 bits per heavy atom. The van der Waals surface area contributed by atoms with Gasteiger partial charge >= 0.3 is 7.11 Å². The molecule has 2 aliphatic rings. The second-order valence-electron chi connectivity index (χ2n) is 10.5. The molecule has 200 valence electrons. The summed E-state index contributed by atoms with van der Waals surface area (Å²) in [7, 11) is -4.57. The van der Waals surface area contributed by atoms with Crippen LogP contribution in [-0.2, 0) is 4.65 Å². The van der Waals surface area contributed by atoms with Crippen LogP contribution in [0.1, 0.15) is 22.3 Å². The average molecular weight is 541 g/mol. The van der Waals surface area contributed by atoms with Crippen LogP contribution in [-0.4, -0.2) is 12.8 Å². The molecule has 0 unspecified atom stereocenters. The molecule has 0 atom stereocenters. The van der Waals surface area contributed by atoms with E-state index in [0.29, 0.717) is 16.3 Å². The molecular weight excluding hydrogens is 515 g/mol. The highest BCUT2D eigenvalue weighted by atomic mass is 19.3. The zero-order chi connectivity index (χ0) is 28.1. The molecule has 0 bridgehead atoms. The van der Waals surface area contributed by atoms with Crippen molar-refractivity contribution in [1.29, 1.82) is 0 Å². The van der Waals surface area contributed by atoms with Crippen molar-refractivity contribution in [3.63, 3.8) is 0 Å². The predicted molar refractivity (Wildman–Crippen MR) is 164 cm³/mol. The molecule has 5 aromatic carbocycles. The number of hydrogen-bond acceptors (Lipinski definition) is 2. The average Bonchev–Trinajstić information content (AvgIpc) is 2.99. The van der Waals surface area contributed by atoms with E-state index in [0.717, 1.165) is 33.1 Å². The van der Waals surface area contributed by atoms with Gasteiger partial charge in [-0.1, -0.05) is 90.0 Å². The third-order valence-electron chi connectivity index (χ3n) is 7.58. The summed E-state index contributed by atoms with van der Waals surface area (Å²) in [4.78, 5) is 0. The van der Waals surface area contributed by atoms with Gasteiger partial charge < -0.3 is 17.9 Å². The van der Waals surface area contributed by atoms with E-state index in [1.165, 1.54) is 11.1 Å². The lowest BCUT2D eigenvalue weighted by Gasteiger charge is -2.36. The Morgan fingerprint density at radius 2 is 1.22 bits per heavy atom. The van der Waals surface area contributed by atoms with Gasteiger partial charge in [-0.2, -0.15) is 4.58 Å². The van der Waals surface area contributed by atoms with Crippen LogP contribution in [0.2, 0.25) is 0 Å². The maximum Gasteiger partial charge on any atom is 0.726 e. The summed E-state index contributed by atoms with van der Waals surface area (Å²) in [6.45, 7) is 4.13. The normalized spacial score (nSPS) is 14.9. The van der Waals surface area contributed by atoms with Crippen LogP contribution in [0.15, 0.2) is 109 Å². The molecule has 3 nitrogen and oxygen atoms in total. The molecule has 6 heteroatoms. The fourth-order valence-electron chi connectivity index (χ4n) is 5.63. The lowest BCUT2D eigenvalue weighted by Crippen LogP contribution is -2.44.